The average Bonchev–Trinajstić information content (AvgIpc) is 1.94. The molecule has 1 N–H and O–H groups in total. The number of halogens is 2. The molecule has 0 amide bonds. The van der Waals surface area contributed by atoms with Crippen molar-refractivity contribution >= 4 is 24.8 Å². The summed E-state index contributed by atoms with van der Waals surface area (Å²) in [4.78, 5) is 0. The minimum atomic E-state index is 0. The van der Waals surface area contributed by atoms with E-state index in [0.717, 1.165) is 30.2 Å². The molecule has 5 heteroatoms. The molecule has 0 saturated heterocycles. The number of aliphatic hydroxyl groups excluding tert-OH is 1. The molecule has 0 aromatic rings. The fourth-order valence-electron chi connectivity index (χ4n) is 1.08. The van der Waals surface area contributed by atoms with Crippen LogP contribution in [0.4, 0.5) is 0 Å². The van der Waals surface area contributed by atoms with Gasteiger partial charge in [0.15, 0.2) is 0 Å². The van der Waals surface area contributed by atoms with Crippen molar-refractivity contribution in [3.8, 4) is 0 Å². The van der Waals surface area contributed by atoms with Crippen molar-refractivity contribution in [2.75, 3.05) is 0 Å². The Kier molecular flexibility index (Phi) is 21.9. The normalized spacial score (nSPS) is 16.4. The van der Waals surface area contributed by atoms with Crippen molar-refractivity contribution in [1.29, 1.82) is 0 Å². The van der Waals surface area contributed by atoms with Gasteiger partial charge < -0.3 is 5.11 Å². The number of aliphatic hydroxyl groups is 1. The molecule has 0 bridgehead atoms. The van der Waals surface area contributed by atoms with E-state index in [1.165, 1.54) is 19.3 Å². The summed E-state index contributed by atoms with van der Waals surface area (Å²) in [7, 11) is 0. The molecule has 1 saturated carbocycles. The second-order valence-electron chi connectivity index (χ2n) is 2.29. The zero-order chi connectivity index (χ0) is 7.11. The number of hydrogen-bond donors (Lipinski definition) is 1. The van der Waals surface area contributed by atoms with E-state index in [-0.39, 0.29) is 30.9 Å². The summed E-state index contributed by atoms with van der Waals surface area (Å²) in [6.45, 7) is 0. The monoisotopic (exact) mass is 239 g/mol. The van der Waals surface area contributed by atoms with Gasteiger partial charge >= 0.3 is 21.0 Å². The second kappa shape index (κ2) is 13.5. The van der Waals surface area contributed by atoms with Gasteiger partial charge in [-0.3, -0.25) is 0 Å². The fraction of sp³-hybridized carbons (Fsp3) is 1.00. The summed E-state index contributed by atoms with van der Waals surface area (Å²) < 4.78 is 8.19. The van der Waals surface area contributed by atoms with E-state index in [1.54, 1.807) is 0 Å². The zero-order valence-corrected chi connectivity index (χ0v) is 9.26. The molecule has 0 aromatic heterocycles. The van der Waals surface area contributed by atoms with Gasteiger partial charge in [0.2, 0.25) is 0 Å². The van der Waals surface area contributed by atoms with Crippen LogP contribution in [0.1, 0.15) is 32.1 Å². The fourth-order valence-corrected chi connectivity index (χ4v) is 1.08. The molecule has 0 aromatic carbocycles. The van der Waals surface area contributed by atoms with Crippen LogP contribution in [0.5, 0.6) is 0 Å². The topological polar surface area (TPSA) is 37.3 Å². The molecular weight excluding hydrogens is 226 g/mol. The van der Waals surface area contributed by atoms with Crippen LogP contribution in [-0.2, 0) is 21.0 Å². The van der Waals surface area contributed by atoms with Gasteiger partial charge in [-0.2, -0.15) is 0 Å². The number of hydrogen-bond acceptors (Lipinski definition) is 2. The Morgan fingerprint density at radius 2 is 1.36 bits per heavy atom. The molecule has 0 unspecified atom stereocenters. The number of rotatable bonds is 0. The predicted molar refractivity (Wildman–Crippen MR) is 44.3 cm³/mol. The van der Waals surface area contributed by atoms with E-state index in [1.807, 2.05) is 0 Å². The Bertz CT molecular complexity index is 69.6. The van der Waals surface area contributed by atoms with Crippen LogP contribution in [0.25, 0.3) is 0 Å². The molecular formula is C6H14Cl2O2V. The van der Waals surface area contributed by atoms with Gasteiger partial charge in [-0.05, 0) is 12.8 Å². The maximum absolute atomic E-state index is 8.91. The summed E-state index contributed by atoms with van der Waals surface area (Å²) in [6, 6.07) is 0. The molecule has 1 rings (SSSR count). The van der Waals surface area contributed by atoms with Crippen molar-refractivity contribution in [2.45, 2.75) is 38.2 Å². The predicted octanol–water partition coefficient (Wildman–Crippen LogP) is 2.03. The molecule has 0 spiro atoms. The molecule has 0 aliphatic heterocycles. The molecule has 11 heavy (non-hydrogen) atoms. The molecule has 69 valence electrons. The van der Waals surface area contributed by atoms with E-state index in [0.29, 0.717) is 0 Å². The van der Waals surface area contributed by atoms with Crippen LogP contribution in [0, 0.1) is 0 Å². The van der Waals surface area contributed by atoms with Crippen molar-refractivity contribution in [3.63, 3.8) is 0 Å². The van der Waals surface area contributed by atoms with E-state index in [4.69, 9.17) is 8.78 Å². The van der Waals surface area contributed by atoms with Crippen molar-refractivity contribution < 1.29 is 26.1 Å². The average molecular weight is 240 g/mol. The van der Waals surface area contributed by atoms with Crippen LogP contribution in [0.3, 0.4) is 0 Å². The first-order valence-electron chi connectivity index (χ1n) is 3.26. The van der Waals surface area contributed by atoms with E-state index in [2.05, 4.69) is 0 Å². The van der Waals surface area contributed by atoms with Crippen LogP contribution in [0.15, 0.2) is 0 Å². The minimum absolute atomic E-state index is 0. The Hall–Kier alpha value is 0.924. The van der Waals surface area contributed by atoms with Crippen LogP contribution >= 0.6 is 24.8 Å². The van der Waals surface area contributed by atoms with Gasteiger partial charge in [-0.15, -0.1) is 24.8 Å². The summed E-state index contributed by atoms with van der Waals surface area (Å²) in [6.07, 6.45) is 5.92. The van der Waals surface area contributed by atoms with E-state index in [9.17, 15) is 0 Å². The quantitative estimate of drug-likeness (QED) is 0.703. The standard InChI is InChI=1S/C6H12O.2ClH.O.V/c7-6-4-2-1-3-5-6;;;;/h6-7H,1-5H2;2*1H;;. The van der Waals surface area contributed by atoms with Crippen LogP contribution < -0.4 is 0 Å². The van der Waals surface area contributed by atoms with Crippen molar-refractivity contribution in [1.82, 2.24) is 0 Å². The van der Waals surface area contributed by atoms with Gasteiger partial charge in [-0.25, -0.2) is 0 Å². The summed E-state index contributed by atoms with van der Waals surface area (Å²) in [5, 5.41) is 8.91. The SMILES string of the molecule is Cl.Cl.OC1CCCCC1.[O]=[V]. The Labute approximate surface area is 89.2 Å². The first kappa shape index (κ1) is 17.9. The molecule has 1 aliphatic carbocycles. The Morgan fingerprint density at radius 1 is 1.00 bits per heavy atom. The van der Waals surface area contributed by atoms with Crippen molar-refractivity contribution in [2.24, 2.45) is 0 Å². The van der Waals surface area contributed by atoms with Crippen LogP contribution in [-0.4, -0.2) is 11.2 Å². The third kappa shape index (κ3) is 10.9. The Morgan fingerprint density at radius 3 is 1.55 bits per heavy atom. The Balaban J connectivity index is -0.000000149. The first-order valence-corrected chi connectivity index (χ1v) is 3.83. The van der Waals surface area contributed by atoms with E-state index >= 15 is 0 Å². The van der Waals surface area contributed by atoms with Gasteiger partial charge in [0.1, 0.15) is 0 Å². The molecule has 1 aliphatic rings. The van der Waals surface area contributed by atoms with Gasteiger partial charge in [0, 0.05) is 0 Å². The van der Waals surface area contributed by atoms with Gasteiger partial charge in [0.25, 0.3) is 0 Å². The third-order valence-corrected chi connectivity index (χ3v) is 1.57. The molecule has 0 radical (unpaired) electrons. The zero-order valence-electron chi connectivity index (χ0n) is 6.23. The van der Waals surface area contributed by atoms with Gasteiger partial charge in [-0.1, -0.05) is 19.3 Å². The molecule has 0 atom stereocenters. The van der Waals surface area contributed by atoms with Crippen LogP contribution in [0.2, 0.25) is 0 Å². The summed E-state index contributed by atoms with van der Waals surface area (Å²) in [5.74, 6) is 0. The maximum atomic E-state index is 8.91. The van der Waals surface area contributed by atoms with Gasteiger partial charge in [0.05, 0.1) is 6.10 Å². The summed E-state index contributed by atoms with van der Waals surface area (Å²) >= 11 is 1.06. The van der Waals surface area contributed by atoms with Crippen molar-refractivity contribution in [3.05, 3.63) is 0 Å². The second-order valence-corrected chi connectivity index (χ2v) is 2.29. The molecule has 0 heterocycles. The summed E-state index contributed by atoms with van der Waals surface area (Å²) in [5.41, 5.74) is 0. The third-order valence-electron chi connectivity index (χ3n) is 1.57. The van der Waals surface area contributed by atoms with E-state index < -0.39 is 0 Å². The molecule has 2 nitrogen and oxygen atoms in total. The molecule has 1 fully saturated rings. The first-order chi connectivity index (χ1) is 4.39.